The van der Waals surface area contributed by atoms with Crippen LogP contribution in [-0.4, -0.2) is 13.1 Å². The number of benzene rings is 1. The summed E-state index contributed by atoms with van der Waals surface area (Å²) in [5, 5.41) is 6.85. The molecule has 2 N–H and O–H groups in total. The summed E-state index contributed by atoms with van der Waals surface area (Å²) >= 11 is 0. The first kappa shape index (κ1) is 12.8. The van der Waals surface area contributed by atoms with Crippen molar-refractivity contribution < 1.29 is 0 Å². The average Bonchev–Trinajstić information content (AvgIpc) is 2.30. The first-order chi connectivity index (χ1) is 7.77. The van der Waals surface area contributed by atoms with Crippen LogP contribution in [0.25, 0.3) is 0 Å². The lowest BCUT2D eigenvalue weighted by molar-refractivity contribution is 0.715. The second kappa shape index (κ2) is 7.07. The third-order valence-electron chi connectivity index (χ3n) is 2.53. The molecule has 0 fully saturated rings. The Bertz CT molecular complexity index is 342. The van der Waals surface area contributed by atoms with Gasteiger partial charge in [-0.25, -0.2) is 0 Å². The second-order valence-electron chi connectivity index (χ2n) is 3.93. The third-order valence-corrected chi connectivity index (χ3v) is 2.53. The fourth-order valence-corrected chi connectivity index (χ4v) is 1.50. The molecule has 1 aromatic carbocycles. The van der Waals surface area contributed by atoms with Crippen molar-refractivity contribution in [3.8, 4) is 0 Å². The summed E-state index contributed by atoms with van der Waals surface area (Å²) in [6.45, 7) is 8.33. The molecule has 1 aromatic rings. The molecule has 0 saturated carbocycles. The maximum absolute atomic E-state index is 3.45. The van der Waals surface area contributed by atoms with Crippen LogP contribution >= 0.6 is 0 Å². The average molecular weight is 218 g/mol. The van der Waals surface area contributed by atoms with Crippen LogP contribution < -0.4 is 10.6 Å². The standard InChI is InChI=1S/C14H22N2/c1-4-10-15-11-13(5-2)16-14-9-7-6-8-12(14)3/h5-9,15-16H,4,10-11H2,1-3H3/b13-5-. The van der Waals surface area contributed by atoms with Gasteiger partial charge in [0.15, 0.2) is 0 Å². The zero-order valence-electron chi connectivity index (χ0n) is 10.5. The van der Waals surface area contributed by atoms with Gasteiger partial charge in [0.2, 0.25) is 0 Å². The van der Waals surface area contributed by atoms with Crippen LogP contribution in [0.15, 0.2) is 36.0 Å². The fourth-order valence-electron chi connectivity index (χ4n) is 1.50. The molecule has 1 rings (SSSR count). The Morgan fingerprint density at radius 3 is 2.69 bits per heavy atom. The number of nitrogens with one attached hydrogen (secondary N) is 2. The number of para-hydroxylation sites is 1. The summed E-state index contributed by atoms with van der Waals surface area (Å²) in [7, 11) is 0. The summed E-state index contributed by atoms with van der Waals surface area (Å²) in [6.07, 6.45) is 3.29. The highest BCUT2D eigenvalue weighted by molar-refractivity contribution is 5.54. The molecule has 0 saturated heterocycles. The molecule has 0 heterocycles. The normalized spacial score (nSPS) is 11.6. The number of hydrogen-bond donors (Lipinski definition) is 2. The van der Waals surface area contributed by atoms with E-state index in [0.29, 0.717) is 0 Å². The number of allylic oxidation sites excluding steroid dienone is 1. The first-order valence-electron chi connectivity index (χ1n) is 5.96. The Balaban J connectivity index is 2.54. The molecule has 0 aliphatic heterocycles. The van der Waals surface area contributed by atoms with Gasteiger partial charge in [0.05, 0.1) is 0 Å². The van der Waals surface area contributed by atoms with Gasteiger partial charge in [-0.15, -0.1) is 0 Å². The zero-order valence-corrected chi connectivity index (χ0v) is 10.5. The number of rotatable bonds is 6. The molecule has 2 heteroatoms. The molecule has 88 valence electrons. The smallest absolute Gasteiger partial charge is 0.0411 e. The molecule has 0 aliphatic carbocycles. The van der Waals surface area contributed by atoms with Crippen molar-refractivity contribution in [1.29, 1.82) is 0 Å². The van der Waals surface area contributed by atoms with E-state index in [1.165, 1.54) is 23.4 Å². The minimum Gasteiger partial charge on any atom is -0.358 e. The van der Waals surface area contributed by atoms with Crippen molar-refractivity contribution in [2.45, 2.75) is 27.2 Å². The SMILES string of the molecule is C/C=C(/CNCCC)Nc1ccccc1C. The molecule has 0 unspecified atom stereocenters. The van der Waals surface area contributed by atoms with E-state index in [1.807, 2.05) is 0 Å². The van der Waals surface area contributed by atoms with Gasteiger partial charge in [0.1, 0.15) is 0 Å². The van der Waals surface area contributed by atoms with Gasteiger partial charge in [-0.2, -0.15) is 0 Å². The summed E-state index contributed by atoms with van der Waals surface area (Å²) in [4.78, 5) is 0. The van der Waals surface area contributed by atoms with Crippen LogP contribution in [0.1, 0.15) is 25.8 Å². The van der Waals surface area contributed by atoms with E-state index in [-0.39, 0.29) is 0 Å². The maximum Gasteiger partial charge on any atom is 0.0411 e. The zero-order chi connectivity index (χ0) is 11.8. The molecule has 0 aromatic heterocycles. The van der Waals surface area contributed by atoms with E-state index in [4.69, 9.17) is 0 Å². The molecule has 0 aliphatic rings. The third kappa shape index (κ3) is 4.07. The minimum absolute atomic E-state index is 0.901. The van der Waals surface area contributed by atoms with E-state index in [9.17, 15) is 0 Å². The van der Waals surface area contributed by atoms with Gasteiger partial charge >= 0.3 is 0 Å². The highest BCUT2D eigenvalue weighted by atomic mass is 15.0. The molecular weight excluding hydrogens is 196 g/mol. The molecule has 0 spiro atoms. The van der Waals surface area contributed by atoms with Gasteiger partial charge in [0.25, 0.3) is 0 Å². The molecular formula is C14H22N2. The maximum atomic E-state index is 3.45. The topological polar surface area (TPSA) is 24.1 Å². The number of hydrogen-bond acceptors (Lipinski definition) is 2. The van der Waals surface area contributed by atoms with E-state index in [2.05, 4.69) is 61.7 Å². The van der Waals surface area contributed by atoms with E-state index < -0.39 is 0 Å². The summed E-state index contributed by atoms with van der Waals surface area (Å²) in [6, 6.07) is 8.35. The summed E-state index contributed by atoms with van der Waals surface area (Å²) < 4.78 is 0. The highest BCUT2D eigenvalue weighted by Gasteiger charge is 1.99. The predicted molar refractivity (Wildman–Crippen MR) is 71.7 cm³/mol. The van der Waals surface area contributed by atoms with Crippen LogP contribution in [0.5, 0.6) is 0 Å². The Labute approximate surface area is 98.8 Å². The summed E-state index contributed by atoms with van der Waals surface area (Å²) in [5.41, 5.74) is 3.69. The van der Waals surface area contributed by atoms with Crippen molar-refractivity contribution in [3.05, 3.63) is 41.6 Å². The van der Waals surface area contributed by atoms with Crippen molar-refractivity contribution in [2.24, 2.45) is 0 Å². The molecule has 16 heavy (non-hydrogen) atoms. The Kier molecular flexibility index (Phi) is 5.65. The van der Waals surface area contributed by atoms with E-state index in [0.717, 1.165) is 13.1 Å². The van der Waals surface area contributed by atoms with Crippen molar-refractivity contribution >= 4 is 5.69 Å². The molecule has 2 nitrogen and oxygen atoms in total. The van der Waals surface area contributed by atoms with Gasteiger partial charge in [-0.05, 0) is 38.4 Å². The van der Waals surface area contributed by atoms with Crippen LogP contribution in [0.2, 0.25) is 0 Å². The van der Waals surface area contributed by atoms with Crippen molar-refractivity contribution in [2.75, 3.05) is 18.4 Å². The first-order valence-corrected chi connectivity index (χ1v) is 5.96. The van der Waals surface area contributed by atoms with Crippen LogP contribution in [0, 0.1) is 6.92 Å². The molecule has 0 bridgehead atoms. The molecule has 0 radical (unpaired) electrons. The second-order valence-corrected chi connectivity index (χ2v) is 3.93. The van der Waals surface area contributed by atoms with Crippen LogP contribution in [0.3, 0.4) is 0 Å². The lowest BCUT2D eigenvalue weighted by Crippen LogP contribution is -2.21. The van der Waals surface area contributed by atoms with Gasteiger partial charge in [-0.3, -0.25) is 0 Å². The summed E-state index contributed by atoms with van der Waals surface area (Å²) in [5.74, 6) is 0. The Morgan fingerprint density at radius 2 is 2.06 bits per heavy atom. The van der Waals surface area contributed by atoms with Gasteiger partial charge in [0, 0.05) is 17.9 Å². The number of aryl methyl sites for hydroxylation is 1. The highest BCUT2D eigenvalue weighted by Crippen LogP contribution is 2.15. The molecule has 0 atom stereocenters. The predicted octanol–water partition coefficient (Wildman–Crippen LogP) is 3.31. The fraction of sp³-hybridized carbons (Fsp3) is 0.429. The minimum atomic E-state index is 0.901. The largest absolute Gasteiger partial charge is 0.358 e. The quantitative estimate of drug-likeness (QED) is 0.716. The van der Waals surface area contributed by atoms with Crippen LogP contribution in [-0.2, 0) is 0 Å². The monoisotopic (exact) mass is 218 g/mol. The Hall–Kier alpha value is -1.28. The van der Waals surface area contributed by atoms with Crippen molar-refractivity contribution in [1.82, 2.24) is 5.32 Å². The van der Waals surface area contributed by atoms with Gasteiger partial charge in [-0.1, -0.05) is 31.2 Å². The van der Waals surface area contributed by atoms with E-state index in [1.54, 1.807) is 0 Å². The van der Waals surface area contributed by atoms with Crippen LogP contribution in [0.4, 0.5) is 5.69 Å². The van der Waals surface area contributed by atoms with Crippen molar-refractivity contribution in [3.63, 3.8) is 0 Å². The molecule has 0 amide bonds. The Morgan fingerprint density at radius 1 is 1.31 bits per heavy atom. The van der Waals surface area contributed by atoms with Gasteiger partial charge < -0.3 is 10.6 Å². The number of anilines is 1. The lowest BCUT2D eigenvalue weighted by Gasteiger charge is -2.13. The lowest BCUT2D eigenvalue weighted by atomic mass is 10.2. The van der Waals surface area contributed by atoms with E-state index >= 15 is 0 Å².